The van der Waals surface area contributed by atoms with Gasteiger partial charge in [0, 0.05) is 17.8 Å². The highest BCUT2D eigenvalue weighted by atomic mass is 16.5. The molecule has 120 valence electrons. The second kappa shape index (κ2) is 6.14. The summed E-state index contributed by atoms with van der Waals surface area (Å²) in [6.07, 6.45) is 1.75. The summed E-state index contributed by atoms with van der Waals surface area (Å²) in [6, 6.07) is 21.1. The van der Waals surface area contributed by atoms with E-state index < -0.39 is 0 Å². The summed E-state index contributed by atoms with van der Waals surface area (Å²) in [6.45, 7) is 0. The van der Waals surface area contributed by atoms with E-state index in [0.29, 0.717) is 16.9 Å². The molecule has 0 atom stereocenters. The van der Waals surface area contributed by atoms with Gasteiger partial charge in [-0.3, -0.25) is 4.98 Å². The summed E-state index contributed by atoms with van der Waals surface area (Å²) in [5.74, 6) is 1.44. The average molecular weight is 326 g/mol. The number of furan rings is 1. The fourth-order valence-corrected chi connectivity index (χ4v) is 2.90. The smallest absolute Gasteiger partial charge is 0.161 e. The summed E-state index contributed by atoms with van der Waals surface area (Å²) in [5, 5.41) is 9.13. The number of benzene rings is 2. The van der Waals surface area contributed by atoms with Gasteiger partial charge in [0.2, 0.25) is 0 Å². The van der Waals surface area contributed by atoms with Crippen molar-refractivity contribution in [2.45, 2.75) is 0 Å². The van der Waals surface area contributed by atoms with E-state index in [1.165, 1.54) is 0 Å². The Labute approximate surface area is 144 Å². The lowest BCUT2D eigenvalue weighted by molar-refractivity contribution is 0.415. The number of nitrogens with zero attached hydrogens (tertiary/aromatic N) is 2. The Morgan fingerprint density at radius 2 is 1.88 bits per heavy atom. The van der Waals surface area contributed by atoms with Crippen LogP contribution in [0.15, 0.2) is 71.3 Å². The highest BCUT2D eigenvalue weighted by molar-refractivity contribution is 5.93. The quantitative estimate of drug-likeness (QED) is 0.529. The molecule has 0 radical (unpaired) electrons. The zero-order valence-corrected chi connectivity index (χ0v) is 13.6. The zero-order valence-electron chi connectivity index (χ0n) is 13.6. The minimum Gasteiger partial charge on any atom is -0.496 e. The van der Waals surface area contributed by atoms with Crippen molar-refractivity contribution in [3.8, 4) is 34.3 Å². The lowest BCUT2D eigenvalue weighted by Gasteiger charge is -2.05. The van der Waals surface area contributed by atoms with E-state index in [9.17, 15) is 0 Å². The summed E-state index contributed by atoms with van der Waals surface area (Å²) < 4.78 is 11.6. The average Bonchev–Trinajstić information content (AvgIpc) is 3.12. The molecule has 0 spiro atoms. The molecule has 0 unspecified atom stereocenters. The van der Waals surface area contributed by atoms with E-state index >= 15 is 0 Å². The Morgan fingerprint density at radius 1 is 1.00 bits per heavy atom. The van der Waals surface area contributed by atoms with Gasteiger partial charge in [0.15, 0.2) is 5.58 Å². The summed E-state index contributed by atoms with van der Waals surface area (Å²) in [7, 11) is 1.64. The Hall–Kier alpha value is -3.58. The fourth-order valence-electron chi connectivity index (χ4n) is 2.90. The van der Waals surface area contributed by atoms with Crippen LogP contribution in [-0.2, 0) is 0 Å². The number of hydrogen-bond acceptors (Lipinski definition) is 4. The number of pyridine rings is 1. The van der Waals surface area contributed by atoms with Crippen LogP contribution in [0.5, 0.6) is 5.75 Å². The van der Waals surface area contributed by atoms with Crippen molar-refractivity contribution >= 4 is 11.1 Å². The maximum atomic E-state index is 9.13. The fraction of sp³-hybridized carbons (Fsp3) is 0.0476. The minimum atomic E-state index is 0.610. The van der Waals surface area contributed by atoms with Crippen molar-refractivity contribution in [2.75, 3.05) is 7.11 Å². The molecule has 25 heavy (non-hydrogen) atoms. The lowest BCUT2D eigenvalue weighted by Crippen LogP contribution is -1.85. The Kier molecular flexibility index (Phi) is 3.68. The first kappa shape index (κ1) is 15.0. The van der Waals surface area contributed by atoms with E-state index in [4.69, 9.17) is 14.4 Å². The normalized spacial score (nSPS) is 10.6. The van der Waals surface area contributed by atoms with Crippen LogP contribution in [0.4, 0.5) is 0 Å². The molecule has 2 aromatic heterocycles. The number of hydrogen-bond donors (Lipinski definition) is 0. The van der Waals surface area contributed by atoms with E-state index in [0.717, 1.165) is 28.0 Å². The van der Waals surface area contributed by atoms with Gasteiger partial charge in [0.1, 0.15) is 17.0 Å². The molecule has 4 nitrogen and oxygen atoms in total. The molecule has 0 fully saturated rings. The van der Waals surface area contributed by atoms with Crippen LogP contribution >= 0.6 is 0 Å². The molecule has 0 saturated carbocycles. The van der Waals surface area contributed by atoms with Crippen LogP contribution < -0.4 is 4.74 Å². The number of nitriles is 1. The van der Waals surface area contributed by atoms with Crippen molar-refractivity contribution in [2.24, 2.45) is 0 Å². The molecule has 4 rings (SSSR count). The van der Waals surface area contributed by atoms with E-state index in [1.807, 2.05) is 54.6 Å². The molecule has 0 saturated heterocycles. The van der Waals surface area contributed by atoms with Crippen LogP contribution in [0, 0.1) is 11.3 Å². The Morgan fingerprint density at radius 3 is 2.72 bits per heavy atom. The predicted molar refractivity (Wildman–Crippen MR) is 96.1 cm³/mol. The molecule has 0 aliphatic rings. The van der Waals surface area contributed by atoms with Gasteiger partial charge >= 0.3 is 0 Å². The van der Waals surface area contributed by atoms with Gasteiger partial charge in [-0.15, -0.1) is 0 Å². The third kappa shape index (κ3) is 2.62. The van der Waals surface area contributed by atoms with Crippen molar-refractivity contribution in [1.29, 1.82) is 5.26 Å². The van der Waals surface area contributed by atoms with Crippen LogP contribution in [0.1, 0.15) is 5.56 Å². The van der Waals surface area contributed by atoms with Crippen molar-refractivity contribution in [1.82, 2.24) is 4.98 Å². The van der Waals surface area contributed by atoms with Crippen LogP contribution in [0.3, 0.4) is 0 Å². The molecule has 4 aromatic rings. The van der Waals surface area contributed by atoms with Crippen molar-refractivity contribution < 1.29 is 9.15 Å². The molecule has 0 aliphatic carbocycles. The van der Waals surface area contributed by atoms with E-state index in [2.05, 4.69) is 11.1 Å². The third-order valence-electron chi connectivity index (χ3n) is 4.09. The van der Waals surface area contributed by atoms with E-state index in [-0.39, 0.29) is 0 Å². The van der Waals surface area contributed by atoms with Gasteiger partial charge < -0.3 is 9.15 Å². The number of para-hydroxylation sites is 1. The van der Waals surface area contributed by atoms with Gasteiger partial charge in [-0.1, -0.05) is 24.3 Å². The molecule has 4 heteroatoms. The lowest BCUT2D eigenvalue weighted by atomic mass is 10.0. The first-order valence-electron chi connectivity index (χ1n) is 7.82. The second-order valence-electron chi connectivity index (χ2n) is 5.58. The zero-order chi connectivity index (χ0) is 17.2. The topological polar surface area (TPSA) is 59.0 Å². The summed E-state index contributed by atoms with van der Waals surface area (Å²) in [4.78, 5) is 4.41. The molecular formula is C21H14N2O2. The molecule has 2 aromatic carbocycles. The SMILES string of the molecule is COc1ccccc1-c1cc2nccc(-c3cccc(C#N)c3)c2o1. The number of methoxy groups -OCH3 is 1. The Balaban J connectivity index is 1.91. The largest absolute Gasteiger partial charge is 0.496 e. The van der Waals surface area contributed by atoms with Crippen LogP contribution in [0.25, 0.3) is 33.6 Å². The van der Waals surface area contributed by atoms with E-state index in [1.54, 1.807) is 19.4 Å². The number of fused-ring (bicyclic) bond motifs is 1. The monoisotopic (exact) mass is 326 g/mol. The van der Waals surface area contributed by atoms with Crippen molar-refractivity contribution in [3.63, 3.8) is 0 Å². The van der Waals surface area contributed by atoms with Crippen LogP contribution in [-0.4, -0.2) is 12.1 Å². The van der Waals surface area contributed by atoms with Gasteiger partial charge in [0.05, 0.1) is 24.3 Å². The third-order valence-corrected chi connectivity index (χ3v) is 4.09. The Bertz CT molecular complexity index is 1110. The van der Waals surface area contributed by atoms with Gasteiger partial charge in [-0.25, -0.2) is 0 Å². The molecule has 0 N–H and O–H groups in total. The van der Waals surface area contributed by atoms with Gasteiger partial charge in [-0.05, 0) is 35.9 Å². The second-order valence-corrected chi connectivity index (χ2v) is 5.58. The number of rotatable bonds is 3. The van der Waals surface area contributed by atoms with Gasteiger partial charge in [0.25, 0.3) is 0 Å². The maximum Gasteiger partial charge on any atom is 0.161 e. The first-order valence-corrected chi connectivity index (χ1v) is 7.82. The maximum absolute atomic E-state index is 9.13. The molecule has 0 bridgehead atoms. The minimum absolute atomic E-state index is 0.610. The highest BCUT2D eigenvalue weighted by Crippen LogP contribution is 2.36. The molecule has 0 amide bonds. The molecule has 0 aliphatic heterocycles. The number of ether oxygens (including phenoxy) is 1. The first-order chi connectivity index (χ1) is 12.3. The predicted octanol–water partition coefficient (Wildman–Crippen LogP) is 5.04. The standard InChI is InChI=1S/C21H14N2O2/c1-24-19-8-3-2-7-17(19)20-12-18-21(25-20)16(9-10-23-18)15-6-4-5-14(11-15)13-22/h2-12H,1H3. The summed E-state index contributed by atoms with van der Waals surface area (Å²) in [5.41, 5.74) is 4.77. The summed E-state index contributed by atoms with van der Waals surface area (Å²) >= 11 is 0. The molecular weight excluding hydrogens is 312 g/mol. The van der Waals surface area contributed by atoms with Gasteiger partial charge in [-0.2, -0.15) is 5.26 Å². The molecule has 2 heterocycles. The highest BCUT2D eigenvalue weighted by Gasteiger charge is 2.15. The van der Waals surface area contributed by atoms with Crippen LogP contribution in [0.2, 0.25) is 0 Å². The van der Waals surface area contributed by atoms with Crippen molar-refractivity contribution in [3.05, 3.63) is 72.4 Å². The number of aromatic nitrogens is 1.